The van der Waals surface area contributed by atoms with Crippen molar-refractivity contribution in [1.82, 2.24) is 14.7 Å². The summed E-state index contributed by atoms with van der Waals surface area (Å²) in [5.74, 6) is -6.92. The molecule has 0 amide bonds. The van der Waals surface area contributed by atoms with Crippen LogP contribution in [0.5, 0.6) is 0 Å². The second-order valence-corrected chi connectivity index (χ2v) is 12.3. The van der Waals surface area contributed by atoms with Gasteiger partial charge in [0.05, 0.1) is 45.4 Å². The van der Waals surface area contributed by atoms with Gasteiger partial charge in [0.25, 0.3) is 0 Å². The predicted molar refractivity (Wildman–Crippen MR) is 167 cm³/mol. The number of aliphatic carboxylic acids is 5. The maximum atomic E-state index is 13.3. The minimum Gasteiger partial charge on any atom is -0.480 e. The van der Waals surface area contributed by atoms with Gasteiger partial charge in [0.2, 0.25) is 0 Å². The highest BCUT2D eigenvalue weighted by molar-refractivity contribution is 7.47. The number of carbonyl (C=O) groups is 5. The van der Waals surface area contributed by atoms with Gasteiger partial charge in [0.15, 0.2) is 0 Å². The third-order valence-electron chi connectivity index (χ3n) is 6.79. The van der Waals surface area contributed by atoms with Crippen LogP contribution in [0.25, 0.3) is 0 Å². The summed E-state index contributed by atoms with van der Waals surface area (Å²) in [5, 5.41) is 46.7. The van der Waals surface area contributed by atoms with Gasteiger partial charge in [-0.15, -0.1) is 0 Å². The largest absolute Gasteiger partial charge is 0.480 e. The molecule has 6 N–H and O–H groups in total. The molecule has 2 atom stereocenters. The normalized spacial score (nSPS) is 13.4. The number of carboxylic acid groups (broad SMARTS) is 5. The summed E-state index contributed by atoms with van der Waals surface area (Å²) in [7, 11) is -4.92. The number of hydrogen-bond acceptors (Lipinski definition) is 11. The van der Waals surface area contributed by atoms with Gasteiger partial charge in [0.1, 0.15) is 0 Å². The molecule has 0 aromatic heterocycles. The lowest BCUT2D eigenvalue weighted by molar-refractivity contribution is -0.144. The second kappa shape index (κ2) is 20.2. The monoisotopic (exact) mass is 697 g/mol. The van der Waals surface area contributed by atoms with Gasteiger partial charge in [0, 0.05) is 25.7 Å². The molecule has 264 valence electrons. The lowest BCUT2D eigenvalue weighted by atomic mass is 10.0. The van der Waals surface area contributed by atoms with Gasteiger partial charge in [-0.05, 0) is 24.0 Å². The van der Waals surface area contributed by atoms with E-state index >= 15 is 0 Å². The van der Waals surface area contributed by atoms with Gasteiger partial charge < -0.3 is 30.4 Å². The van der Waals surface area contributed by atoms with Crippen LogP contribution in [0.4, 0.5) is 0 Å². The molecular formula is C30H40N3O14P. The molecular weight excluding hydrogens is 657 g/mol. The van der Waals surface area contributed by atoms with Gasteiger partial charge in [-0.2, -0.15) is 0 Å². The highest BCUT2D eigenvalue weighted by Crippen LogP contribution is 2.45. The molecule has 48 heavy (non-hydrogen) atoms. The molecule has 0 saturated carbocycles. The van der Waals surface area contributed by atoms with E-state index in [9.17, 15) is 59.0 Å². The zero-order valence-corrected chi connectivity index (χ0v) is 26.8. The summed E-state index contributed by atoms with van der Waals surface area (Å²) in [5.41, 5.74) is 1.60. The molecule has 0 aliphatic carbocycles. The number of benzene rings is 2. The Kier molecular flexibility index (Phi) is 16.8. The molecule has 0 spiro atoms. The smallest absolute Gasteiger partial charge is 0.472 e. The number of rotatable bonds is 25. The molecule has 17 nitrogen and oxygen atoms in total. The Balaban J connectivity index is 2.36. The van der Waals surface area contributed by atoms with E-state index in [0.29, 0.717) is 0 Å². The highest BCUT2D eigenvalue weighted by atomic mass is 31.2. The van der Waals surface area contributed by atoms with E-state index in [1.165, 1.54) is 0 Å². The number of phosphoric acid groups is 1. The quantitative estimate of drug-likeness (QED) is 0.0780. The Bertz CT molecular complexity index is 1320. The van der Waals surface area contributed by atoms with E-state index in [1.807, 2.05) is 24.3 Å². The first kappa shape index (κ1) is 40.0. The Morgan fingerprint density at radius 3 is 1.46 bits per heavy atom. The number of hydrogen-bond donors (Lipinski definition) is 6. The van der Waals surface area contributed by atoms with Crippen molar-refractivity contribution >= 4 is 37.7 Å². The standard InChI is InChI=1S/C30H40N3O14P/c34-26(35)16-31(17-27(36)37)11-12-33(20-30(42)43)24(15-32(18-28(38)39)19-29(40)41)21-46-48(44,45)47-25(13-22-7-3-1-4-8-22)14-23-9-5-2-6-10-23/h1-10,24-25H,11-21H2,(H,34,35)(H,36,37)(H,38,39)(H,40,41)(H,42,43)(H,44,45). The van der Waals surface area contributed by atoms with E-state index in [2.05, 4.69) is 0 Å². The molecule has 0 bridgehead atoms. The van der Waals surface area contributed by atoms with Crippen molar-refractivity contribution in [2.45, 2.75) is 25.0 Å². The van der Waals surface area contributed by atoms with Crippen LogP contribution in [0.3, 0.4) is 0 Å². The Morgan fingerprint density at radius 2 is 1.04 bits per heavy atom. The average Bonchev–Trinajstić information content (AvgIpc) is 2.96. The van der Waals surface area contributed by atoms with Gasteiger partial charge in [-0.1, -0.05) is 60.7 Å². The Morgan fingerprint density at radius 1 is 0.625 bits per heavy atom. The molecule has 0 radical (unpaired) electrons. The van der Waals surface area contributed by atoms with Crippen molar-refractivity contribution in [3.05, 3.63) is 71.8 Å². The molecule has 0 aliphatic heterocycles. The first-order valence-corrected chi connectivity index (χ1v) is 16.1. The second-order valence-electron chi connectivity index (χ2n) is 10.8. The molecule has 2 aromatic rings. The van der Waals surface area contributed by atoms with Gasteiger partial charge in [-0.25, -0.2) is 4.57 Å². The average molecular weight is 698 g/mol. The molecule has 18 heteroatoms. The van der Waals surface area contributed by atoms with Crippen molar-refractivity contribution < 1.29 is 68.0 Å². The van der Waals surface area contributed by atoms with Crippen LogP contribution in [0, 0.1) is 0 Å². The SMILES string of the molecule is O=C(O)CN(CCN(CC(=O)O)C(COP(=O)(O)OC(Cc1ccccc1)Cc1ccccc1)CN(CC(=O)O)CC(=O)O)CC(=O)O. The minimum absolute atomic E-state index is 0.214. The Hall–Kier alpha value is -4.22. The zero-order chi connectivity index (χ0) is 35.7. The van der Waals surface area contributed by atoms with E-state index in [0.717, 1.165) is 25.8 Å². The summed E-state index contributed by atoms with van der Waals surface area (Å²) >= 11 is 0. The van der Waals surface area contributed by atoms with Crippen LogP contribution < -0.4 is 0 Å². The summed E-state index contributed by atoms with van der Waals surface area (Å²) in [6.45, 7) is -5.64. The van der Waals surface area contributed by atoms with Crippen LogP contribution in [0.15, 0.2) is 60.7 Å². The maximum absolute atomic E-state index is 13.3. The first-order valence-electron chi connectivity index (χ1n) is 14.6. The maximum Gasteiger partial charge on any atom is 0.472 e. The third kappa shape index (κ3) is 17.1. The van der Waals surface area contributed by atoms with Gasteiger partial charge >= 0.3 is 37.7 Å². The fourth-order valence-electron chi connectivity index (χ4n) is 4.87. The Labute approximate surface area is 276 Å². The number of nitrogens with zero attached hydrogens (tertiary/aromatic N) is 3. The van der Waals surface area contributed by atoms with E-state index in [4.69, 9.17) is 9.05 Å². The zero-order valence-electron chi connectivity index (χ0n) is 25.9. The lowest BCUT2D eigenvalue weighted by Crippen LogP contribution is -2.52. The van der Waals surface area contributed by atoms with Gasteiger partial charge in [-0.3, -0.25) is 47.7 Å². The lowest BCUT2D eigenvalue weighted by Gasteiger charge is -2.35. The number of phosphoric ester groups is 1. The van der Waals surface area contributed by atoms with E-state index in [-0.39, 0.29) is 25.9 Å². The molecule has 2 aromatic carbocycles. The molecule has 0 fully saturated rings. The van der Waals surface area contributed by atoms with Crippen LogP contribution in [-0.2, 0) is 50.4 Å². The molecule has 2 unspecified atom stereocenters. The van der Waals surface area contributed by atoms with Crippen LogP contribution in [-0.4, -0.2) is 146 Å². The van der Waals surface area contributed by atoms with Crippen LogP contribution >= 0.6 is 7.82 Å². The topological polar surface area (TPSA) is 252 Å². The van der Waals surface area contributed by atoms with Crippen molar-refractivity contribution in [2.24, 2.45) is 0 Å². The summed E-state index contributed by atoms with van der Waals surface area (Å²) in [6, 6.07) is 16.7. The fraction of sp³-hybridized carbons (Fsp3) is 0.433. The van der Waals surface area contributed by atoms with Crippen LogP contribution in [0.1, 0.15) is 11.1 Å². The molecule has 0 heterocycles. The molecule has 0 aliphatic rings. The minimum atomic E-state index is -4.92. The predicted octanol–water partition coefficient (Wildman–Crippen LogP) is 0.672. The number of carboxylic acids is 5. The molecule has 2 rings (SSSR count). The summed E-state index contributed by atoms with van der Waals surface area (Å²) in [4.78, 5) is 71.3. The van der Waals surface area contributed by atoms with Crippen LogP contribution in [0.2, 0.25) is 0 Å². The van der Waals surface area contributed by atoms with Crippen molar-refractivity contribution in [2.75, 3.05) is 59.0 Å². The van der Waals surface area contributed by atoms with E-state index in [1.54, 1.807) is 36.4 Å². The van der Waals surface area contributed by atoms with Crippen molar-refractivity contribution in [3.63, 3.8) is 0 Å². The van der Waals surface area contributed by atoms with E-state index < -0.39 is 95.7 Å². The van der Waals surface area contributed by atoms with Crippen molar-refractivity contribution in [1.29, 1.82) is 0 Å². The fourth-order valence-corrected chi connectivity index (χ4v) is 5.82. The summed E-state index contributed by atoms with van der Waals surface area (Å²) < 4.78 is 24.3. The molecule has 0 saturated heterocycles. The summed E-state index contributed by atoms with van der Waals surface area (Å²) in [6.07, 6.45) is -0.436. The van der Waals surface area contributed by atoms with Crippen molar-refractivity contribution in [3.8, 4) is 0 Å². The first-order chi connectivity index (χ1) is 22.6. The third-order valence-corrected chi connectivity index (χ3v) is 7.83. The highest BCUT2D eigenvalue weighted by Gasteiger charge is 2.32.